The third kappa shape index (κ3) is 1.45. The molecule has 0 atom stereocenters. The van der Waals surface area contributed by atoms with E-state index < -0.39 is 0 Å². The summed E-state index contributed by atoms with van der Waals surface area (Å²) < 4.78 is 0. The number of nitrogens with zero attached hydrogens (tertiary/aromatic N) is 1. The summed E-state index contributed by atoms with van der Waals surface area (Å²) in [6, 6.07) is 3.54. The van der Waals surface area contributed by atoms with Crippen LogP contribution in [0.15, 0.2) is 12.1 Å². The standard InChI is InChI=1S/C7H10N2O.H2/c1-5-3-7(9-10)4-6(2)8-5;/h3-4,10H,1-2H3,(H,8,9);1H. The van der Waals surface area contributed by atoms with E-state index in [1.165, 1.54) is 0 Å². The highest BCUT2D eigenvalue weighted by Gasteiger charge is 1.92. The van der Waals surface area contributed by atoms with E-state index in [0.717, 1.165) is 11.4 Å². The summed E-state index contributed by atoms with van der Waals surface area (Å²) >= 11 is 0. The quantitative estimate of drug-likeness (QED) is 0.584. The average Bonchev–Trinajstić information content (AvgIpc) is 1.85. The fourth-order valence-electron chi connectivity index (χ4n) is 0.899. The Hall–Kier alpha value is -1.09. The summed E-state index contributed by atoms with van der Waals surface area (Å²) in [5, 5.41) is 8.51. The first-order chi connectivity index (χ1) is 4.72. The predicted octanol–water partition coefficient (Wildman–Crippen LogP) is 1.75. The highest BCUT2D eigenvalue weighted by Crippen LogP contribution is 2.08. The van der Waals surface area contributed by atoms with Gasteiger partial charge in [0, 0.05) is 12.8 Å². The average molecular weight is 140 g/mol. The summed E-state index contributed by atoms with van der Waals surface area (Å²) in [5.41, 5.74) is 4.55. The van der Waals surface area contributed by atoms with Gasteiger partial charge in [0.1, 0.15) is 0 Å². The molecule has 0 bridgehead atoms. The van der Waals surface area contributed by atoms with E-state index in [1.54, 1.807) is 12.1 Å². The van der Waals surface area contributed by atoms with Gasteiger partial charge in [-0.1, -0.05) is 0 Å². The van der Waals surface area contributed by atoms with Crippen molar-refractivity contribution in [3.63, 3.8) is 0 Å². The van der Waals surface area contributed by atoms with Gasteiger partial charge in [0.2, 0.25) is 0 Å². The number of hydrogen-bond donors (Lipinski definition) is 2. The van der Waals surface area contributed by atoms with Crippen LogP contribution in [-0.4, -0.2) is 10.2 Å². The van der Waals surface area contributed by atoms with Crippen molar-refractivity contribution < 1.29 is 6.63 Å². The van der Waals surface area contributed by atoms with Crippen LogP contribution < -0.4 is 5.48 Å². The number of nitrogens with one attached hydrogen (secondary N) is 1. The molecule has 1 aromatic heterocycles. The molecule has 2 N–H and O–H groups in total. The molecule has 56 valence electrons. The van der Waals surface area contributed by atoms with Crippen molar-refractivity contribution in [1.82, 2.24) is 4.98 Å². The number of rotatable bonds is 1. The summed E-state index contributed by atoms with van der Waals surface area (Å²) in [7, 11) is 0. The molecule has 1 rings (SSSR count). The van der Waals surface area contributed by atoms with Gasteiger partial charge in [-0.05, 0) is 26.0 Å². The SMILES string of the molecule is Cc1cc(NO)cc(C)n1.[HH]. The Morgan fingerprint density at radius 3 is 2.30 bits per heavy atom. The molecular weight excluding hydrogens is 128 g/mol. The Bertz CT molecular complexity index is 220. The van der Waals surface area contributed by atoms with Gasteiger partial charge in [0.15, 0.2) is 0 Å². The maximum atomic E-state index is 8.51. The number of aromatic nitrogens is 1. The highest BCUT2D eigenvalue weighted by atomic mass is 16.5. The van der Waals surface area contributed by atoms with Crippen LogP contribution in [-0.2, 0) is 0 Å². The lowest BCUT2D eigenvalue weighted by molar-refractivity contribution is 0.388. The second-order valence-electron chi connectivity index (χ2n) is 2.25. The Kier molecular flexibility index (Phi) is 1.87. The van der Waals surface area contributed by atoms with E-state index >= 15 is 0 Å². The molecule has 0 fully saturated rings. The molecule has 0 aliphatic heterocycles. The smallest absolute Gasteiger partial charge is 0.0638 e. The number of pyridine rings is 1. The molecule has 0 saturated heterocycles. The zero-order chi connectivity index (χ0) is 7.56. The van der Waals surface area contributed by atoms with Crippen molar-refractivity contribution in [2.45, 2.75) is 13.8 Å². The lowest BCUT2D eigenvalue weighted by Crippen LogP contribution is -1.93. The van der Waals surface area contributed by atoms with Gasteiger partial charge in [0.25, 0.3) is 0 Å². The molecule has 3 heteroatoms. The fourth-order valence-corrected chi connectivity index (χ4v) is 0.899. The molecule has 10 heavy (non-hydrogen) atoms. The van der Waals surface area contributed by atoms with Crippen molar-refractivity contribution in [3.05, 3.63) is 23.5 Å². The first-order valence-electron chi connectivity index (χ1n) is 3.08. The summed E-state index contributed by atoms with van der Waals surface area (Å²) in [6.45, 7) is 3.77. The molecule has 0 aliphatic rings. The second kappa shape index (κ2) is 2.66. The Labute approximate surface area is 61.2 Å². The third-order valence-electron chi connectivity index (χ3n) is 1.21. The largest absolute Gasteiger partial charge is 0.291 e. The maximum absolute atomic E-state index is 8.51. The lowest BCUT2D eigenvalue weighted by atomic mass is 10.3. The third-order valence-corrected chi connectivity index (χ3v) is 1.21. The van der Waals surface area contributed by atoms with Crippen molar-refractivity contribution in [3.8, 4) is 0 Å². The topological polar surface area (TPSA) is 45.1 Å². The van der Waals surface area contributed by atoms with Gasteiger partial charge in [-0.25, -0.2) is 0 Å². The monoisotopic (exact) mass is 140 g/mol. The van der Waals surface area contributed by atoms with Crippen LogP contribution in [0.5, 0.6) is 0 Å². The van der Waals surface area contributed by atoms with Crippen molar-refractivity contribution in [1.29, 1.82) is 0 Å². The van der Waals surface area contributed by atoms with Gasteiger partial charge in [-0.15, -0.1) is 0 Å². The van der Waals surface area contributed by atoms with E-state index in [9.17, 15) is 0 Å². The van der Waals surface area contributed by atoms with Crippen LogP contribution in [0.25, 0.3) is 0 Å². The molecule has 0 aromatic carbocycles. The Morgan fingerprint density at radius 2 is 1.90 bits per heavy atom. The van der Waals surface area contributed by atoms with Gasteiger partial charge < -0.3 is 0 Å². The summed E-state index contributed by atoms with van der Waals surface area (Å²) in [6.07, 6.45) is 0. The number of aryl methyl sites for hydroxylation is 2. The van der Waals surface area contributed by atoms with E-state index in [2.05, 4.69) is 10.5 Å². The molecule has 0 aliphatic carbocycles. The second-order valence-corrected chi connectivity index (χ2v) is 2.25. The molecule has 0 amide bonds. The molecular formula is C7H12N2O. The van der Waals surface area contributed by atoms with E-state index in [1.807, 2.05) is 13.8 Å². The molecule has 0 spiro atoms. The Balaban J connectivity index is 0.000001000. The van der Waals surface area contributed by atoms with Crippen LogP contribution in [0.4, 0.5) is 5.69 Å². The van der Waals surface area contributed by atoms with Gasteiger partial charge in [-0.3, -0.25) is 15.7 Å². The minimum Gasteiger partial charge on any atom is -0.291 e. The summed E-state index contributed by atoms with van der Waals surface area (Å²) in [4.78, 5) is 4.13. The zero-order valence-electron chi connectivity index (χ0n) is 6.05. The molecule has 1 heterocycles. The van der Waals surface area contributed by atoms with Gasteiger partial charge in [0.05, 0.1) is 5.69 Å². The van der Waals surface area contributed by atoms with Crippen LogP contribution in [0.1, 0.15) is 12.8 Å². The van der Waals surface area contributed by atoms with Gasteiger partial charge in [-0.2, -0.15) is 0 Å². The minimum absolute atomic E-state index is 0. The van der Waals surface area contributed by atoms with Crippen LogP contribution in [0, 0.1) is 13.8 Å². The van der Waals surface area contributed by atoms with Crippen molar-refractivity contribution in [2.24, 2.45) is 0 Å². The zero-order valence-corrected chi connectivity index (χ0v) is 6.05. The fraction of sp³-hybridized carbons (Fsp3) is 0.286. The maximum Gasteiger partial charge on any atom is 0.0638 e. The molecule has 1 aromatic rings. The molecule has 0 unspecified atom stereocenters. The Morgan fingerprint density at radius 1 is 1.40 bits per heavy atom. The molecule has 0 saturated carbocycles. The molecule has 3 nitrogen and oxygen atoms in total. The van der Waals surface area contributed by atoms with Crippen LogP contribution in [0.2, 0.25) is 0 Å². The first-order valence-corrected chi connectivity index (χ1v) is 3.08. The van der Waals surface area contributed by atoms with E-state index in [-0.39, 0.29) is 1.43 Å². The minimum atomic E-state index is 0. The highest BCUT2D eigenvalue weighted by molar-refractivity contribution is 5.42. The first kappa shape index (κ1) is 7.02. The lowest BCUT2D eigenvalue weighted by Gasteiger charge is -2.00. The number of hydrogen-bond acceptors (Lipinski definition) is 3. The molecule has 0 radical (unpaired) electrons. The van der Waals surface area contributed by atoms with E-state index in [4.69, 9.17) is 5.21 Å². The van der Waals surface area contributed by atoms with E-state index in [0.29, 0.717) is 5.69 Å². The van der Waals surface area contributed by atoms with Crippen molar-refractivity contribution >= 4 is 5.69 Å². The number of anilines is 1. The van der Waals surface area contributed by atoms with Crippen LogP contribution >= 0.6 is 0 Å². The normalized spacial score (nSPS) is 9.50. The van der Waals surface area contributed by atoms with Crippen molar-refractivity contribution in [2.75, 3.05) is 5.48 Å². The van der Waals surface area contributed by atoms with Gasteiger partial charge >= 0.3 is 0 Å². The predicted molar refractivity (Wildman–Crippen MR) is 41.2 cm³/mol. The summed E-state index contributed by atoms with van der Waals surface area (Å²) in [5.74, 6) is 0. The van der Waals surface area contributed by atoms with Crippen LogP contribution in [0.3, 0.4) is 0 Å².